The number of unbranched alkanes of at least 4 members (excludes halogenated alkanes) is 3. The van der Waals surface area contributed by atoms with Crippen LogP contribution < -0.4 is 10.6 Å². The Morgan fingerprint density at radius 1 is 1.08 bits per heavy atom. The molecule has 1 fully saturated rings. The molecule has 0 unspecified atom stereocenters. The second-order valence-electron chi connectivity index (χ2n) is 6.99. The Labute approximate surface area is 151 Å². The number of nitrogens with one attached hydrogen (secondary N) is 2. The van der Waals surface area contributed by atoms with Crippen LogP contribution in [-0.2, 0) is 0 Å². The van der Waals surface area contributed by atoms with Crippen molar-refractivity contribution in [2.45, 2.75) is 52.4 Å². The fraction of sp³-hybridized carbons (Fsp3) is 0.600. The number of urea groups is 1. The minimum atomic E-state index is -0.194. The fourth-order valence-electron chi connectivity index (χ4n) is 3.02. The Balaban J connectivity index is 1.77. The zero-order chi connectivity index (χ0) is 18.1. The fourth-order valence-corrected chi connectivity index (χ4v) is 3.02. The van der Waals surface area contributed by atoms with E-state index in [0.717, 1.165) is 38.8 Å². The van der Waals surface area contributed by atoms with Crippen LogP contribution in [0.15, 0.2) is 24.3 Å². The maximum Gasteiger partial charge on any atom is 0.319 e. The molecule has 2 N–H and O–H groups in total. The maximum absolute atomic E-state index is 12.5. The Kier molecular flexibility index (Phi) is 7.76. The van der Waals surface area contributed by atoms with Crippen LogP contribution in [0.25, 0.3) is 0 Å². The van der Waals surface area contributed by atoms with E-state index in [1.165, 1.54) is 12.8 Å². The van der Waals surface area contributed by atoms with Crippen LogP contribution in [-0.4, -0.2) is 36.5 Å². The number of amides is 3. The summed E-state index contributed by atoms with van der Waals surface area (Å²) < 4.78 is 0. The number of hydrogen-bond acceptors (Lipinski definition) is 2. The number of piperidine rings is 1. The van der Waals surface area contributed by atoms with Crippen LogP contribution >= 0.6 is 0 Å². The van der Waals surface area contributed by atoms with Gasteiger partial charge in [-0.05, 0) is 49.4 Å². The molecule has 25 heavy (non-hydrogen) atoms. The number of carbonyl (C=O) groups excluding carboxylic acids is 2. The highest BCUT2D eigenvalue weighted by Crippen LogP contribution is 2.19. The van der Waals surface area contributed by atoms with Crippen LogP contribution in [0, 0.1) is 5.92 Å². The molecule has 0 radical (unpaired) electrons. The van der Waals surface area contributed by atoms with Crippen molar-refractivity contribution in [3.63, 3.8) is 0 Å². The first-order valence-corrected chi connectivity index (χ1v) is 9.54. The molecule has 0 aliphatic carbocycles. The van der Waals surface area contributed by atoms with Gasteiger partial charge in [0.15, 0.2) is 0 Å². The first-order valence-electron chi connectivity index (χ1n) is 9.54. The summed E-state index contributed by atoms with van der Waals surface area (Å²) in [6.45, 7) is 6.76. The second-order valence-corrected chi connectivity index (χ2v) is 6.99. The van der Waals surface area contributed by atoms with Gasteiger partial charge in [-0.3, -0.25) is 4.79 Å². The van der Waals surface area contributed by atoms with E-state index < -0.39 is 0 Å². The highest BCUT2D eigenvalue weighted by Gasteiger charge is 2.21. The third-order valence-electron chi connectivity index (χ3n) is 4.78. The molecule has 0 saturated carbocycles. The topological polar surface area (TPSA) is 61.4 Å². The van der Waals surface area contributed by atoms with Crippen molar-refractivity contribution in [2.24, 2.45) is 5.92 Å². The Morgan fingerprint density at radius 2 is 1.76 bits per heavy atom. The van der Waals surface area contributed by atoms with E-state index in [1.807, 2.05) is 4.90 Å². The largest absolute Gasteiger partial charge is 0.339 e. The quantitative estimate of drug-likeness (QED) is 0.725. The van der Waals surface area contributed by atoms with Gasteiger partial charge in [0.1, 0.15) is 0 Å². The molecular formula is C20H31N3O2. The highest BCUT2D eigenvalue weighted by atomic mass is 16.2. The Bertz CT molecular complexity index is 549. The molecule has 1 aliphatic heterocycles. The molecule has 3 amide bonds. The Morgan fingerprint density at radius 3 is 2.40 bits per heavy atom. The van der Waals surface area contributed by atoms with Crippen molar-refractivity contribution in [2.75, 3.05) is 25.0 Å². The van der Waals surface area contributed by atoms with Gasteiger partial charge in [-0.15, -0.1) is 0 Å². The first-order chi connectivity index (χ1) is 12.1. The third-order valence-corrected chi connectivity index (χ3v) is 4.78. The molecular weight excluding hydrogens is 314 g/mol. The summed E-state index contributed by atoms with van der Waals surface area (Å²) in [7, 11) is 0. The summed E-state index contributed by atoms with van der Waals surface area (Å²) in [5.74, 6) is 0.787. The summed E-state index contributed by atoms with van der Waals surface area (Å²) in [6, 6.07) is 6.96. The molecule has 1 saturated heterocycles. The van der Waals surface area contributed by atoms with E-state index >= 15 is 0 Å². The SMILES string of the molecule is CCCCCCNC(=O)Nc1ccc(C(=O)N2CCC(C)CC2)cc1. The maximum atomic E-state index is 12.5. The van der Waals surface area contributed by atoms with E-state index in [1.54, 1.807) is 24.3 Å². The average molecular weight is 345 g/mol. The average Bonchev–Trinajstić information content (AvgIpc) is 2.62. The van der Waals surface area contributed by atoms with E-state index in [9.17, 15) is 9.59 Å². The smallest absolute Gasteiger partial charge is 0.319 e. The number of nitrogens with zero attached hydrogens (tertiary/aromatic N) is 1. The second kappa shape index (κ2) is 10.1. The van der Waals surface area contributed by atoms with Crippen molar-refractivity contribution in [1.29, 1.82) is 0 Å². The van der Waals surface area contributed by atoms with Gasteiger partial charge in [0, 0.05) is 30.9 Å². The van der Waals surface area contributed by atoms with Gasteiger partial charge in [0.05, 0.1) is 0 Å². The minimum Gasteiger partial charge on any atom is -0.339 e. The molecule has 5 heteroatoms. The lowest BCUT2D eigenvalue weighted by Crippen LogP contribution is -2.37. The lowest BCUT2D eigenvalue weighted by atomic mass is 9.98. The number of benzene rings is 1. The molecule has 1 aromatic carbocycles. The summed E-state index contributed by atoms with van der Waals surface area (Å²) >= 11 is 0. The monoisotopic (exact) mass is 345 g/mol. The highest BCUT2D eigenvalue weighted by molar-refractivity contribution is 5.95. The van der Waals surface area contributed by atoms with E-state index in [2.05, 4.69) is 24.5 Å². The molecule has 1 heterocycles. The summed E-state index contributed by atoms with van der Waals surface area (Å²) in [5.41, 5.74) is 1.38. The van der Waals surface area contributed by atoms with Gasteiger partial charge < -0.3 is 15.5 Å². The van der Waals surface area contributed by atoms with E-state index in [0.29, 0.717) is 23.7 Å². The van der Waals surface area contributed by atoms with Crippen LogP contribution in [0.2, 0.25) is 0 Å². The first kappa shape index (κ1) is 19.3. The number of carbonyl (C=O) groups is 2. The predicted octanol–water partition coefficient (Wildman–Crippen LogP) is 4.26. The summed E-state index contributed by atoms with van der Waals surface area (Å²) in [4.78, 5) is 26.3. The summed E-state index contributed by atoms with van der Waals surface area (Å²) in [5, 5.41) is 5.67. The van der Waals surface area contributed by atoms with Crippen LogP contribution in [0.5, 0.6) is 0 Å². The number of likely N-dealkylation sites (tertiary alicyclic amines) is 1. The van der Waals surface area contributed by atoms with Crippen LogP contribution in [0.3, 0.4) is 0 Å². The van der Waals surface area contributed by atoms with Crippen molar-refractivity contribution >= 4 is 17.6 Å². The standard InChI is InChI=1S/C20H31N3O2/c1-3-4-5-6-13-21-20(25)22-18-9-7-17(8-10-18)19(24)23-14-11-16(2)12-15-23/h7-10,16H,3-6,11-15H2,1-2H3,(H2,21,22,25). The van der Waals surface area contributed by atoms with Crippen molar-refractivity contribution < 1.29 is 9.59 Å². The molecule has 5 nitrogen and oxygen atoms in total. The van der Waals surface area contributed by atoms with E-state index in [4.69, 9.17) is 0 Å². The number of rotatable bonds is 7. The number of hydrogen-bond donors (Lipinski definition) is 2. The molecule has 0 bridgehead atoms. The third kappa shape index (κ3) is 6.40. The normalized spacial score (nSPS) is 15.0. The van der Waals surface area contributed by atoms with Gasteiger partial charge in [-0.2, -0.15) is 0 Å². The van der Waals surface area contributed by atoms with Crippen molar-refractivity contribution in [1.82, 2.24) is 10.2 Å². The number of anilines is 1. The zero-order valence-corrected chi connectivity index (χ0v) is 15.5. The molecule has 0 spiro atoms. The lowest BCUT2D eigenvalue weighted by Gasteiger charge is -2.30. The van der Waals surface area contributed by atoms with Crippen LogP contribution in [0.4, 0.5) is 10.5 Å². The van der Waals surface area contributed by atoms with Crippen LogP contribution in [0.1, 0.15) is 62.7 Å². The molecule has 0 aromatic heterocycles. The molecule has 1 aromatic rings. The predicted molar refractivity (Wildman–Crippen MR) is 102 cm³/mol. The molecule has 1 aliphatic rings. The lowest BCUT2D eigenvalue weighted by molar-refractivity contribution is 0.0697. The molecule has 0 atom stereocenters. The molecule has 138 valence electrons. The van der Waals surface area contributed by atoms with Gasteiger partial charge >= 0.3 is 6.03 Å². The van der Waals surface area contributed by atoms with Gasteiger partial charge in [-0.1, -0.05) is 33.1 Å². The zero-order valence-electron chi connectivity index (χ0n) is 15.5. The van der Waals surface area contributed by atoms with Crippen molar-refractivity contribution in [3.05, 3.63) is 29.8 Å². The molecule has 2 rings (SSSR count). The summed E-state index contributed by atoms with van der Waals surface area (Å²) in [6.07, 6.45) is 6.68. The van der Waals surface area contributed by atoms with Gasteiger partial charge in [0.2, 0.25) is 0 Å². The van der Waals surface area contributed by atoms with Crippen molar-refractivity contribution in [3.8, 4) is 0 Å². The Hall–Kier alpha value is -2.04. The minimum absolute atomic E-state index is 0.0822. The van der Waals surface area contributed by atoms with E-state index in [-0.39, 0.29) is 11.9 Å². The van der Waals surface area contributed by atoms with Gasteiger partial charge in [0.25, 0.3) is 5.91 Å². The van der Waals surface area contributed by atoms with Gasteiger partial charge in [-0.25, -0.2) is 4.79 Å².